The number of esters is 1. The van der Waals surface area contributed by atoms with Gasteiger partial charge in [0.2, 0.25) is 0 Å². The standard InChI is InChI=1S/C19H16N4O4/c1-10-6-14-13(8-16(24)27-15(14)7-11(10)2)9-26-18(25)17-21-19-20-5-4-12(3)23(19)22-17/h4-8H,9H2,1-3H3. The van der Waals surface area contributed by atoms with E-state index >= 15 is 0 Å². The number of rotatable bonds is 3. The Morgan fingerprint density at radius 1 is 1.19 bits per heavy atom. The summed E-state index contributed by atoms with van der Waals surface area (Å²) in [7, 11) is 0. The third-order valence-corrected chi connectivity index (χ3v) is 4.42. The lowest BCUT2D eigenvalue weighted by Gasteiger charge is -2.08. The summed E-state index contributed by atoms with van der Waals surface area (Å²) in [6, 6.07) is 6.80. The van der Waals surface area contributed by atoms with Gasteiger partial charge >= 0.3 is 11.6 Å². The van der Waals surface area contributed by atoms with Gasteiger partial charge in [0.15, 0.2) is 0 Å². The first-order valence-electron chi connectivity index (χ1n) is 8.32. The molecule has 0 saturated heterocycles. The number of nitrogens with zero attached hydrogens (tertiary/aromatic N) is 4. The van der Waals surface area contributed by atoms with E-state index in [9.17, 15) is 9.59 Å². The Morgan fingerprint density at radius 3 is 2.74 bits per heavy atom. The van der Waals surface area contributed by atoms with Crippen molar-refractivity contribution in [3.05, 3.63) is 69.1 Å². The zero-order chi connectivity index (χ0) is 19.1. The molecule has 27 heavy (non-hydrogen) atoms. The largest absolute Gasteiger partial charge is 0.455 e. The second-order valence-electron chi connectivity index (χ2n) is 6.33. The molecule has 1 aromatic carbocycles. The predicted octanol–water partition coefficient (Wildman–Crippen LogP) is 2.51. The summed E-state index contributed by atoms with van der Waals surface area (Å²) in [5.74, 6) is -0.458. The normalized spacial score (nSPS) is 11.2. The summed E-state index contributed by atoms with van der Waals surface area (Å²) >= 11 is 0. The first-order chi connectivity index (χ1) is 12.9. The van der Waals surface area contributed by atoms with E-state index in [0.29, 0.717) is 16.9 Å². The highest BCUT2D eigenvalue weighted by Gasteiger charge is 2.17. The molecule has 0 saturated carbocycles. The van der Waals surface area contributed by atoms with Crippen LogP contribution in [-0.4, -0.2) is 25.6 Å². The van der Waals surface area contributed by atoms with Crippen molar-refractivity contribution in [2.24, 2.45) is 0 Å². The maximum atomic E-state index is 12.4. The molecule has 0 radical (unpaired) electrons. The molecule has 8 heteroatoms. The fraction of sp³-hybridized carbons (Fsp3) is 0.211. The van der Waals surface area contributed by atoms with Crippen molar-refractivity contribution in [2.75, 3.05) is 0 Å². The van der Waals surface area contributed by atoms with Gasteiger partial charge < -0.3 is 9.15 Å². The summed E-state index contributed by atoms with van der Waals surface area (Å²) in [4.78, 5) is 32.3. The predicted molar refractivity (Wildman–Crippen MR) is 96.6 cm³/mol. The summed E-state index contributed by atoms with van der Waals surface area (Å²) in [5, 5.41) is 4.85. The average Bonchev–Trinajstić information content (AvgIpc) is 3.07. The quantitative estimate of drug-likeness (QED) is 0.407. The van der Waals surface area contributed by atoms with Crippen molar-refractivity contribution in [2.45, 2.75) is 27.4 Å². The van der Waals surface area contributed by atoms with Crippen LogP contribution in [0.2, 0.25) is 0 Å². The smallest absolute Gasteiger partial charge is 0.378 e. The van der Waals surface area contributed by atoms with Crippen LogP contribution in [0.4, 0.5) is 0 Å². The monoisotopic (exact) mass is 364 g/mol. The SMILES string of the molecule is Cc1cc2oc(=O)cc(COC(=O)c3nc4nccc(C)n4n3)c2cc1C. The molecule has 0 aliphatic heterocycles. The molecule has 136 valence electrons. The Hall–Kier alpha value is -3.55. The molecule has 8 nitrogen and oxygen atoms in total. The Bertz CT molecular complexity index is 1260. The van der Waals surface area contributed by atoms with Crippen molar-refractivity contribution >= 4 is 22.7 Å². The highest BCUT2D eigenvalue weighted by Crippen LogP contribution is 2.22. The fourth-order valence-electron chi connectivity index (χ4n) is 2.80. The van der Waals surface area contributed by atoms with E-state index in [-0.39, 0.29) is 12.4 Å². The Balaban J connectivity index is 1.64. The zero-order valence-electron chi connectivity index (χ0n) is 15.0. The number of aryl methyl sites for hydroxylation is 3. The molecule has 0 amide bonds. The minimum Gasteiger partial charge on any atom is -0.455 e. The number of benzene rings is 1. The first kappa shape index (κ1) is 16.9. The lowest BCUT2D eigenvalue weighted by atomic mass is 10.0. The van der Waals surface area contributed by atoms with Gasteiger partial charge in [0, 0.05) is 28.9 Å². The van der Waals surface area contributed by atoms with Crippen LogP contribution < -0.4 is 5.63 Å². The van der Waals surface area contributed by atoms with Crippen molar-refractivity contribution < 1.29 is 13.9 Å². The van der Waals surface area contributed by atoms with Crippen LogP contribution in [-0.2, 0) is 11.3 Å². The Labute approximate surface area is 153 Å². The van der Waals surface area contributed by atoms with Gasteiger partial charge in [0.05, 0.1) is 0 Å². The molecule has 0 atom stereocenters. The second kappa shape index (κ2) is 6.31. The highest BCUT2D eigenvalue weighted by atomic mass is 16.5. The van der Waals surface area contributed by atoms with E-state index in [1.165, 1.54) is 10.6 Å². The van der Waals surface area contributed by atoms with Crippen molar-refractivity contribution in [1.82, 2.24) is 19.6 Å². The summed E-state index contributed by atoms with van der Waals surface area (Å²) in [5.41, 5.74) is 3.38. The molecular formula is C19H16N4O4. The number of hydrogen-bond acceptors (Lipinski definition) is 7. The number of aromatic nitrogens is 4. The molecular weight excluding hydrogens is 348 g/mol. The van der Waals surface area contributed by atoms with E-state index < -0.39 is 11.6 Å². The number of carbonyl (C=O) groups excluding carboxylic acids is 1. The van der Waals surface area contributed by atoms with Crippen molar-refractivity contribution in [3.63, 3.8) is 0 Å². The average molecular weight is 364 g/mol. The maximum absolute atomic E-state index is 12.4. The lowest BCUT2D eigenvalue weighted by molar-refractivity contribution is 0.0459. The van der Waals surface area contributed by atoms with Crippen LogP contribution in [0.25, 0.3) is 16.7 Å². The minimum atomic E-state index is -0.690. The molecule has 4 aromatic rings. The third-order valence-electron chi connectivity index (χ3n) is 4.42. The number of ether oxygens (including phenoxy) is 1. The van der Waals surface area contributed by atoms with Gasteiger partial charge in [-0.1, -0.05) is 0 Å². The Kier molecular flexibility index (Phi) is 3.95. The van der Waals surface area contributed by atoms with Gasteiger partial charge in [-0.2, -0.15) is 4.98 Å². The van der Waals surface area contributed by atoms with Crippen molar-refractivity contribution in [3.8, 4) is 0 Å². The third kappa shape index (κ3) is 3.05. The molecule has 0 aliphatic rings. The second-order valence-corrected chi connectivity index (χ2v) is 6.33. The molecule has 0 fully saturated rings. The highest BCUT2D eigenvalue weighted by molar-refractivity contribution is 5.86. The van der Waals surface area contributed by atoms with Crippen LogP contribution in [0, 0.1) is 20.8 Å². The van der Waals surface area contributed by atoms with E-state index in [1.807, 2.05) is 26.8 Å². The summed E-state index contributed by atoms with van der Waals surface area (Å²) in [6.45, 7) is 5.64. The van der Waals surface area contributed by atoms with Gasteiger partial charge in [-0.3, -0.25) is 0 Å². The number of hydrogen-bond donors (Lipinski definition) is 0. The van der Waals surface area contributed by atoms with Crippen molar-refractivity contribution in [1.29, 1.82) is 0 Å². The Morgan fingerprint density at radius 2 is 1.96 bits per heavy atom. The van der Waals surface area contributed by atoms with Gasteiger partial charge in [-0.25, -0.2) is 19.1 Å². The van der Waals surface area contributed by atoms with E-state index in [1.54, 1.807) is 18.3 Å². The fourth-order valence-corrected chi connectivity index (χ4v) is 2.80. The molecule has 0 unspecified atom stereocenters. The number of carbonyl (C=O) groups is 1. The number of fused-ring (bicyclic) bond motifs is 2. The van der Waals surface area contributed by atoms with Gasteiger partial charge in [-0.05, 0) is 50.1 Å². The topological polar surface area (TPSA) is 99.6 Å². The van der Waals surface area contributed by atoms with Crippen LogP contribution in [0.1, 0.15) is 33.0 Å². The molecule has 0 aliphatic carbocycles. The van der Waals surface area contributed by atoms with Crippen LogP contribution in [0.15, 0.2) is 39.7 Å². The zero-order valence-corrected chi connectivity index (χ0v) is 15.0. The summed E-state index contributed by atoms with van der Waals surface area (Å²) < 4.78 is 12.0. The van der Waals surface area contributed by atoms with E-state index in [2.05, 4.69) is 15.1 Å². The molecule has 3 aromatic heterocycles. The molecule has 0 bridgehead atoms. The molecule has 4 rings (SSSR count). The van der Waals surface area contributed by atoms with Crippen LogP contribution in [0.3, 0.4) is 0 Å². The van der Waals surface area contributed by atoms with Gasteiger partial charge in [0.25, 0.3) is 11.6 Å². The molecule has 0 N–H and O–H groups in total. The van der Waals surface area contributed by atoms with Crippen LogP contribution in [0.5, 0.6) is 0 Å². The lowest BCUT2D eigenvalue weighted by Crippen LogP contribution is -2.10. The van der Waals surface area contributed by atoms with Crippen LogP contribution >= 0.6 is 0 Å². The summed E-state index contributed by atoms with van der Waals surface area (Å²) in [6.07, 6.45) is 1.59. The first-order valence-corrected chi connectivity index (χ1v) is 8.32. The minimum absolute atomic E-state index is 0.0869. The van der Waals surface area contributed by atoms with E-state index in [0.717, 1.165) is 22.2 Å². The molecule has 0 spiro atoms. The van der Waals surface area contributed by atoms with E-state index in [4.69, 9.17) is 9.15 Å². The maximum Gasteiger partial charge on any atom is 0.378 e. The van der Waals surface area contributed by atoms with Gasteiger partial charge in [0.1, 0.15) is 12.2 Å². The molecule has 3 heterocycles. The van der Waals surface area contributed by atoms with Gasteiger partial charge in [-0.15, -0.1) is 5.10 Å².